The lowest BCUT2D eigenvalue weighted by atomic mass is 9.66. The van der Waals surface area contributed by atoms with Gasteiger partial charge < -0.3 is 19.5 Å². The van der Waals surface area contributed by atoms with E-state index in [-0.39, 0.29) is 29.1 Å². The number of carbonyl (C=O) groups excluding carboxylic acids is 1. The van der Waals surface area contributed by atoms with Gasteiger partial charge in [-0.25, -0.2) is 0 Å². The van der Waals surface area contributed by atoms with E-state index < -0.39 is 12.0 Å². The van der Waals surface area contributed by atoms with Gasteiger partial charge in [-0.2, -0.15) is 0 Å². The molecule has 0 bridgehead atoms. The Balaban J connectivity index is 1.21. The number of amides is 1. The van der Waals surface area contributed by atoms with Crippen LogP contribution in [0.15, 0.2) is 24.3 Å². The van der Waals surface area contributed by atoms with Crippen molar-refractivity contribution in [3.05, 3.63) is 24.3 Å². The van der Waals surface area contributed by atoms with E-state index in [9.17, 15) is 23.1 Å². The number of hydrogen-bond donors (Lipinski definition) is 1. The number of alkyl halides is 3. The van der Waals surface area contributed by atoms with Crippen LogP contribution in [0.25, 0.3) is 0 Å². The van der Waals surface area contributed by atoms with E-state index >= 15 is 0 Å². The van der Waals surface area contributed by atoms with Gasteiger partial charge in [0.15, 0.2) is 0 Å². The van der Waals surface area contributed by atoms with Crippen molar-refractivity contribution in [3.63, 3.8) is 0 Å². The van der Waals surface area contributed by atoms with Gasteiger partial charge in [-0.1, -0.05) is 0 Å². The Labute approximate surface area is 167 Å². The monoisotopic (exact) mass is 413 g/mol. The summed E-state index contributed by atoms with van der Waals surface area (Å²) in [6, 6.07) is 5.48. The average molecular weight is 413 g/mol. The van der Waals surface area contributed by atoms with Crippen LogP contribution in [0.2, 0.25) is 0 Å². The molecule has 1 N–H and O–H groups in total. The van der Waals surface area contributed by atoms with Crippen molar-refractivity contribution >= 4 is 5.91 Å². The first-order valence-electron chi connectivity index (χ1n) is 10.1. The third-order valence-electron chi connectivity index (χ3n) is 6.44. The zero-order valence-corrected chi connectivity index (χ0v) is 16.4. The van der Waals surface area contributed by atoms with Gasteiger partial charge in [-0.3, -0.25) is 4.79 Å². The molecule has 160 valence electrons. The zero-order valence-electron chi connectivity index (χ0n) is 16.4. The van der Waals surface area contributed by atoms with Crippen LogP contribution in [0.1, 0.15) is 45.4 Å². The normalized spacial score (nSPS) is 29.1. The van der Waals surface area contributed by atoms with Gasteiger partial charge in [-0.05, 0) is 69.7 Å². The van der Waals surface area contributed by atoms with Gasteiger partial charge in [0.05, 0.1) is 11.7 Å². The molecular formula is C21H26F3NO4. The summed E-state index contributed by atoms with van der Waals surface area (Å²) in [5.74, 6) is 0.399. The molecule has 0 radical (unpaired) electrons. The lowest BCUT2D eigenvalue weighted by Crippen LogP contribution is -2.63. The SMILES string of the molecule is C[C@]1(O)C[C@@H](C(=O)N2CC3(CCC(Oc4ccc(OC(F)(F)F)cc4)CC3)C2)C1. The molecule has 1 saturated heterocycles. The van der Waals surface area contributed by atoms with Crippen molar-refractivity contribution in [2.24, 2.45) is 11.3 Å². The molecule has 1 aromatic rings. The topological polar surface area (TPSA) is 59.0 Å². The summed E-state index contributed by atoms with van der Waals surface area (Å²) in [5.41, 5.74) is -0.512. The summed E-state index contributed by atoms with van der Waals surface area (Å²) in [5, 5.41) is 9.82. The van der Waals surface area contributed by atoms with Gasteiger partial charge in [-0.15, -0.1) is 13.2 Å². The van der Waals surface area contributed by atoms with Crippen LogP contribution in [-0.4, -0.2) is 47.1 Å². The maximum atomic E-state index is 12.5. The van der Waals surface area contributed by atoms with Gasteiger partial charge in [0, 0.05) is 24.4 Å². The standard InChI is InChI=1S/C21H26F3NO4/c1-19(27)10-14(11-19)18(26)25-12-20(13-25)8-6-16(7-9-20)28-15-2-4-17(5-3-15)29-21(22,23)24/h2-5,14,16,27H,6-13H2,1H3/t14-,19+. The summed E-state index contributed by atoms with van der Waals surface area (Å²) in [6.07, 6.45) is 0.103. The number of carbonyl (C=O) groups is 1. The maximum absolute atomic E-state index is 12.5. The second kappa shape index (κ2) is 7.07. The Bertz CT molecular complexity index is 738. The van der Waals surface area contributed by atoms with Crippen molar-refractivity contribution in [1.82, 2.24) is 4.90 Å². The number of rotatable bonds is 4. The summed E-state index contributed by atoms with van der Waals surface area (Å²) in [4.78, 5) is 14.4. The third kappa shape index (κ3) is 4.63. The van der Waals surface area contributed by atoms with Gasteiger partial charge in [0.2, 0.25) is 5.91 Å². The fourth-order valence-electron chi connectivity index (χ4n) is 4.90. The van der Waals surface area contributed by atoms with Crippen LogP contribution >= 0.6 is 0 Å². The van der Waals surface area contributed by atoms with E-state index in [0.29, 0.717) is 18.6 Å². The molecule has 5 nitrogen and oxygen atoms in total. The van der Waals surface area contributed by atoms with E-state index in [4.69, 9.17) is 4.74 Å². The van der Waals surface area contributed by atoms with Crippen LogP contribution in [0.5, 0.6) is 11.5 Å². The Hall–Kier alpha value is -1.96. The highest BCUT2D eigenvalue weighted by Gasteiger charge is 2.51. The molecule has 3 aliphatic rings. The predicted molar refractivity (Wildman–Crippen MR) is 98.4 cm³/mol. The lowest BCUT2D eigenvalue weighted by Gasteiger charge is -2.55. The van der Waals surface area contributed by atoms with E-state index in [0.717, 1.165) is 38.8 Å². The average Bonchev–Trinajstić information content (AvgIpc) is 2.58. The number of likely N-dealkylation sites (tertiary alicyclic amines) is 1. The molecule has 4 rings (SSSR count). The summed E-state index contributed by atoms with van der Waals surface area (Å²) >= 11 is 0. The molecule has 0 unspecified atom stereocenters. The highest BCUT2D eigenvalue weighted by atomic mass is 19.4. The summed E-state index contributed by atoms with van der Waals surface area (Å²) in [6.45, 7) is 3.33. The first-order chi connectivity index (χ1) is 13.5. The minimum atomic E-state index is -4.70. The summed E-state index contributed by atoms with van der Waals surface area (Å²) < 4.78 is 46.4. The minimum Gasteiger partial charge on any atom is -0.490 e. The molecule has 2 aliphatic carbocycles. The molecule has 2 saturated carbocycles. The Morgan fingerprint density at radius 1 is 1.10 bits per heavy atom. The maximum Gasteiger partial charge on any atom is 0.573 e. The molecule has 1 amide bonds. The van der Waals surface area contributed by atoms with E-state index in [1.807, 2.05) is 4.90 Å². The minimum absolute atomic E-state index is 0.0292. The first kappa shape index (κ1) is 20.3. The number of benzene rings is 1. The van der Waals surface area contributed by atoms with Crippen molar-refractivity contribution in [3.8, 4) is 11.5 Å². The number of ether oxygens (including phenoxy) is 2. The zero-order chi connectivity index (χ0) is 20.9. The fraction of sp³-hybridized carbons (Fsp3) is 0.667. The van der Waals surface area contributed by atoms with Crippen LogP contribution in [-0.2, 0) is 4.79 Å². The van der Waals surface area contributed by atoms with Crippen molar-refractivity contribution < 1.29 is 32.5 Å². The number of hydrogen-bond acceptors (Lipinski definition) is 4. The van der Waals surface area contributed by atoms with Crippen LogP contribution in [0.4, 0.5) is 13.2 Å². The Kier molecular flexibility index (Phi) is 4.96. The van der Waals surface area contributed by atoms with Crippen LogP contribution in [0, 0.1) is 11.3 Å². The number of halogens is 3. The molecule has 1 aromatic carbocycles. The first-order valence-corrected chi connectivity index (χ1v) is 10.1. The molecule has 0 atom stereocenters. The summed E-state index contributed by atoms with van der Waals surface area (Å²) in [7, 11) is 0. The van der Waals surface area contributed by atoms with Gasteiger partial charge >= 0.3 is 6.36 Å². The van der Waals surface area contributed by atoms with Crippen molar-refractivity contribution in [2.75, 3.05) is 13.1 Å². The van der Waals surface area contributed by atoms with Crippen LogP contribution in [0.3, 0.4) is 0 Å². The second-order valence-electron chi connectivity index (χ2n) is 9.13. The number of aliphatic hydroxyl groups is 1. The molecule has 29 heavy (non-hydrogen) atoms. The van der Waals surface area contributed by atoms with Crippen molar-refractivity contribution in [2.45, 2.75) is 63.5 Å². The lowest BCUT2D eigenvalue weighted by molar-refractivity contribution is -0.274. The highest BCUT2D eigenvalue weighted by Crippen LogP contribution is 2.47. The van der Waals surface area contributed by atoms with E-state index in [2.05, 4.69) is 4.74 Å². The molecule has 1 heterocycles. The smallest absolute Gasteiger partial charge is 0.490 e. The largest absolute Gasteiger partial charge is 0.573 e. The number of nitrogens with zero attached hydrogens (tertiary/aromatic N) is 1. The van der Waals surface area contributed by atoms with Crippen LogP contribution < -0.4 is 9.47 Å². The molecule has 1 spiro atoms. The van der Waals surface area contributed by atoms with Crippen molar-refractivity contribution in [1.29, 1.82) is 0 Å². The molecular weight excluding hydrogens is 387 g/mol. The second-order valence-corrected chi connectivity index (χ2v) is 9.13. The molecule has 3 fully saturated rings. The predicted octanol–water partition coefficient (Wildman–Crippen LogP) is 3.90. The highest BCUT2D eigenvalue weighted by molar-refractivity contribution is 5.81. The molecule has 0 aromatic heterocycles. The third-order valence-corrected chi connectivity index (χ3v) is 6.44. The Morgan fingerprint density at radius 2 is 1.66 bits per heavy atom. The van der Waals surface area contributed by atoms with Gasteiger partial charge in [0.1, 0.15) is 11.5 Å². The Morgan fingerprint density at radius 3 is 2.17 bits per heavy atom. The van der Waals surface area contributed by atoms with E-state index in [1.165, 1.54) is 24.3 Å². The molecule has 1 aliphatic heterocycles. The quantitative estimate of drug-likeness (QED) is 0.814. The molecule has 8 heteroatoms. The van der Waals surface area contributed by atoms with Gasteiger partial charge in [0.25, 0.3) is 0 Å². The fourth-order valence-corrected chi connectivity index (χ4v) is 4.90. The van der Waals surface area contributed by atoms with E-state index in [1.54, 1.807) is 6.92 Å².